The number of likely N-dealkylation sites (tertiary alicyclic amines) is 1. The minimum absolute atomic E-state index is 0.270. The van der Waals surface area contributed by atoms with Gasteiger partial charge < -0.3 is 4.90 Å². The molecule has 0 aromatic carbocycles. The van der Waals surface area contributed by atoms with Crippen molar-refractivity contribution in [2.75, 3.05) is 32.4 Å². The molecule has 16 heavy (non-hydrogen) atoms. The maximum absolute atomic E-state index is 11.6. The molecule has 0 aromatic rings. The van der Waals surface area contributed by atoms with Crippen molar-refractivity contribution in [2.24, 2.45) is 5.92 Å². The Labute approximate surface area is 99.5 Å². The van der Waals surface area contributed by atoms with Crippen LogP contribution >= 0.6 is 0 Å². The first-order valence-corrected chi connectivity index (χ1v) is 7.84. The highest BCUT2D eigenvalue weighted by molar-refractivity contribution is 7.89. The topological polar surface area (TPSA) is 49.4 Å². The van der Waals surface area contributed by atoms with E-state index in [9.17, 15) is 8.42 Å². The minimum atomic E-state index is -3.03. The molecule has 1 atom stereocenters. The highest BCUT2D eigenvalue weighted by Crippen LogP contribution is 2.14. The second kappa shape index (κ2) is 6.57. The molecular weight excluding hydrogens is 224 g/mol. The summed E-state index contributed by atoms with van der Waals surface area (Å²) in [5.41, 5.74) is 0. The van der Waals surface area contributed by atoms with Gasteiger partial charge in [0.1, 0.15) is 0 Å². The number of rotatable bonds is 6. The van der Waals surface area contributed by atoms with Crippen LogP contribution in [0.4, 0.5) is 0 Å². The molecule has 1 N–H and O–H groups in total. The lowest BCUT2D eigenvalue weighted by Crippen LogP contribution is -2.39. The van der Waals surface area contributed by atoms with E-state index in [1.165, 1.54) is 6.42 Å². The summed E-state index contributed by atoms with van der Waals surface area (Å²) in [6.45, 7) is 4.76. The molecule has 0 saturated carbocycles. The average molecular weight is 248 g/mol. The van der Waals surface area contributed by atoms with Crippen molar-refractivity contribution < 1.29 is 8.42 Å². The summed E-state index contributed by atoms with van der Waals surface area (Å²) in [6.07, 6.45) is 3.99. The van der Waals surface area contributed by atoms with Gasteiger partial charge in [0.15, 0.2) is 0 Å². The number of nitrogens with one attached hydrogen (secondary N) is 1. The lowest BCUT2D eigenvalue weighted by atomic mass is 9.99. The van der Waals surface area contributed by atoms with Gasteiger partial charge >= 0.3 is 0 Å². The molecule has 0 aliphatic carbocycles. The van der Waals surface area contributed by atoms with Crippen LogP contribution < -0.4 is 4.72 Å². The number of piperidine rings is 1. The zero-order valence-corrected chi connectivity index (χ0v) is 11.2. The summed E-state index contributed by atoms with van der Waals surface area (Å²) in [5.74, 6) is 0.752. The van der Waals surface area contributed by atoms with E-state index in [0.717, 1.165) is 32.4 Å². The third-order valence-electron chi connectivity index (χ3n) is 3.08. The fourth-order valence-electron chi connectivity index (χ4n) is 2.09. The fourth-order valence-corrected chi connectivity index (χ4v) is 3.39. The third kappa shape index (κ3) is 5.27. The summed E-state index contributed by atoms with van der Waals surface area (Å²) in [5, 5.41) is 0. The van der Waals surface area contributed by atoms with Crippen LogP contribution in [0.2, 0.25) is 0 Å². The molecule has 0 amide bonds. The van der Waals surface area contributed by atoms with E-state index in [1.54, 1.807) is 0 Å². The van der Waals surface area contributed by atoms with Gasteiger partial charge in [0, 0.05) is 13.1 Å². The van der Waals surface area contributed by atoms with Crippen LogP contribution in [0.25, 0.3) is 0 Å². The molecule has 1 fully saturated rings. The van der Waals surface area contributed by atoms with Crippen LogP contribution in [0.3, 0.4) is 0 Å². The molecule has 1 heterocycles. The van der Waals surface area contributed by atoms with E-state index in [1.807, 2.05) is 6.92 Å². The van der Waals surface area contributed by atoms with Crippen LogP contribution in [0.1, 0.15) is 32.6 Å². The summed E-state index contributed by atoms with van der Waals surface area (Å²) in [4.78, 5) is 2.27. The summed E-state index contributed by atoms with van der Waals surface area (Å²) in [6, 6.07) is 0. The van der Waals surface area contributed by atoms with Gasteiger partial charge in [-0.2, -0.15) is 0 Å². The number of nitrogens with zero attached hydrogens (tertiary/aromatic N) is 1. The predicted octanol–water partition coefficient (Wildman–Crippen LogP) is 1.05. The highest BCUT2D eigenvalue weighted by Gasteiger charge is 2.19. The Morgan fingerprint density at radius 2 is 2.19 bits per heavy atom. The SMILES string of the molecule is CCCCS(=O)(=O)NC[C@H]1CCCN(C)C1. The number of hydrogen-bond acceptors (Lipinski definition) is 3. The van der Waals surface area contributed by atoms with E-state index in [4.69, 9.17) is 0 Å². The monoisotopic (exact) mass is 248 g/mol. The molecule has 4 nitrogen and oxygen atoms in total. The van der Waals surface area contributed by atoms with Crippen molar-refractivity contribution in [1.29, 1.82) is 0 Å². The molecule has 0 bridgehead atoms. The molecule has 0 radical (unpaired) electrons. The van der Waals surface area contributed by atoms with E-state index >= 15 is 0 Å². The Kier molecular flexibility index (Phi) is 5.72. The molecule has 1 saturated heterocycles. The van der Waals surface area contributed by atoms with E-state index in [2.05, 4.69) is 16.7 Å². The maximum Gasteiger partial charge on any atom is 0.211 e. The van der Waals surface area contributed by atoms with Crippen LogP contribution in [0, 0.1) is 5.92 Å². The molecule has 96 valence electrons. The Hall–Kier alpha value is -0.130. The summed E-state index contributed by atoms with van der Waals surface area (Å²) < 4.78 is 25.9. The molecule has 1 aliphatic rings. The zero-order chi connectivity index (χ0) is 12.0. The standard InChI is InChI=1S/C11H24N2O2S/c1-3-4-8-16(14,15)12-9-11-6-5-7-13(2)10-11/h11-12H,3-10H2,1-2H3/t11-/m1/s1. The van der Waals surface area contributed by atoms with Gasteiger partial charge in [-0.25, -0.2) is 13.1 Å². The van der Waals surface area contributed by atoms with Crippen molar-refractivity contribution in [3.8, 4) is 0 Å². The normalized spacial score (nSPS) is 23.5. The third-order valence-corrected chi connectivity index (χ3v) is 4.51. The first-order chi connectivity index (χ1) is 7.53. The van der Waals surface area contributed by atoms with Crippen LogP contribution in [0.15, 0.2) is 0 Å². The smallest absolute Gasteiger partial charge is 0.211 e. The number of hydrogen-bond donors (Lipinski definition) is 1. The van der Waals surface area contributed by atoms with Crippen molar-refractivity contribution in [3.63, 3.8) is 0 Å². The van der Waals surface area contributed by atoms with E-state index < -0.39 is 10.0 Å². The number of sulfonamides is 1. The first-order valence-electron chi connectivity index (χ1n) is 6.19. The van der Waals surface area contributed by atoms with Crippen LogP contribution in [-0.4, -0.2) is 45.8 Å². The summed E-state index contributed by atoms with van der Waals surface area (Å²) >= 11 is 0. The lowest BCUT2D eigenvalue weighted by molar-refractivity contribution is 0.211. The zero-order valence-electron chi connectivity index (χ0n) is 10.4. The van der Waals surface area contributed by atoms with Crippen molar-refractivity contribution in [1.82, 2.24) is 9.62 Å². The number of unbranched alkanes of at least 4 members (excludes halogenated alkanes) is 1. The first kappa shape index (κ1) is 13.9. The van der Waals surface area contributed by atoms with Gasteiger partial charge in [-0.05, 0) is 38.8 Å². The molecule has 5 heteroatoms. The molecule has 1 rings (SSSR count). The Bertz CT molecular complexity index is 290. The van der Waals surface area contributed by atoms with Gasteiger partial charge in [0.2, 0.25) is 10.0 Å². The Morgan fingerprint density at radius 1 is 1.44 bits per heavy atom. The second-order valence-corrected chi connectivity index (χ2v) is 6.72. The maximum atomic E-state index is 11.6. The Balaban J connectivity index is 2.27. The summed E-state index contributed by atoms with van der Waals surface area (Å²) in [7, 11) is -0.934. The van der Waals surface area contributed by atoms with Crippen LogP contribution in [-0.2, 0) is 10.0 Å². The largest absolute Gasteiger partial charge is 0.306 e. The highest BCUT2D eigenvalue weighted by atomic mass is 32.2. The van der Waals surface area contributed by atoms with Crippen molar-refractivity contribution >= 4 is 10.0 Å². The van der Waals surface area contributed by atoms with Gasteiger partial charge in [0.05, 0.1) is 5.75 Å². The van der Waals surface area contributed by atoms with Gasteiger partial charge in [-0.3, -0.25) is 0 Å². The molecule has 1 aliphatic heterocycles. The van der Waals surface area contributed by atoms with Crippen molar-refractivity contribution in [3.05, 3.63) is 0 Å². The molecular formula is C11H24N2O2S. The quantitative estimate of drug-likeness (QED) is 0.764. The van der Waals surface area contributed by atoms with Crippen LogP contribution in [0.5, 0.6) is 0 Å². The van der Waals surface area contributed by atoms with E-state index in [-0.39, 0.29) is 5.75 Å². The van der Waals surface area contributed by atoms with E-state index in [0.29, 0.717) is 12.5 Å². The molecule has 0 unspecified atom stereocenters. The average Bonchev–Trinajstić information content (AvgIpc) is 2.24. The fraction of sp³-hybridized carbons (Fsp3) is 1.00. The molecule has 0 aromatic heterocycles. The van der Waals surface area contributed by atoms with Gasteiger partial charge in [-0.1, -0.05) is 13.3 Å². The second-order valence-electron chi connectivity index (χ2n) is 4.79. The Morgan fingerprint density at radius 3 is 2.81 bits per heavy atom. The lowest BCUT2D eigenvalue weighted by Gasteiger charge is -2.29. The predicted molar refractivity (Wildman–Crippen MR) is 66.9 cm³/mol. The van der Waals surface area contributed by atoms with Gasteiger partial charge in [0.25, 0.3) is 0 Å². The minimum Gasteiger partial charge on any atom is -0.306 e. The van der Waals surface area contributed by atoms with Gasteiger partial charge in [-0.15, -0.1) is 0 Å². The molecule has 0 spiro atoms. The van der Waals surface area contributed by atoms with Crippen molar-refractivity contribution in [2.45, 2.75) is 32.6 Å².